The van der Waals surface area contributed by atoms with Crippen LogP contribution in [0.4, 0.5) is 4.79 Å². The zero-order valence-corrected chi connectivity index (χ0v) is 18.1. The lowest BCUT2D eigenvalue weighted by atomic mass is 9.90. The Hall–Kier alpha value is -4.20. The Morgan fingerprint density at radius 2 is 1.67 bits per heavy atom. The Labute approximate surface area is 190 Å². The van der Waals surface area contributed by atoms with E-state index in [4.69, 9.17) is 5.73 Å². The van der Waals surface area contributed by atoms with E-state index in [1.807, 2.05) is 66.7 Å². The zero-order valence-electron chi connectivity index (χ0n) is 18.1. The Morgan fingerprint density at radius 1 is 1.00 bits per heavy atom. The molecule has 5 amide bonds. The van der Waals surface area contributed by atoms with Crippen LogP contribution in [0.15, 0.2) is 72.8 Å². The second-order valence-electron chi connectivity index (χ2n) is 8.22. The number of imide groups is 1. The summed E-state index contributed by atoms with van der Waals surface area (Å²) in [7, 11) is 0. The molecule has 0 unspecified atom stereocenters. The van der Waals surface area contributed by atoms with Gasteiger partial charge in [0.15, 0.2) is 0 Å². The molecule has 1 heterocycles. The molecule has 0 aromatic heterocycles. The summed E-state index contributed by atoms with van der Waals surface area (Å²) in [6.07, 6.45) is 0.205. The van der Waals surface area contributed by atoms with Crippen LogP contribution in [0.2, 0.25) is 0 Å². The standard InChI is InChI=1S/C25H24N4O4/c1-25(19-12-11-17-9-5-6-10-18(17)14-19)23(32)29(24(33)28-25)15-21(30)27-20(22(26)31)13-16-7-3-2-4-8-16/h2-12,14,20H,13,15H2,1H3,(H2,26,31)(H,27,30)(H,28,33)/t20-,25+/m0/s1. The maximum atomic E-state index is 13.2. The Morgan fingerprint density at radius 3 is 2.36 bits per heavy atom. The van der Waals surface area contributed by atoms with Crippen LogP contribution >= 0.6 is 0 Å². The van der Waals surface area contributed by atoms with Crippen LogP contribution in [0.25, 0.3) is 10.8 Å². The molecule has 168 valence electrons. The van der Waals surface area contributed by atoms with E-state index >= 15 is 0 Å². The summed E-state index contributed by atoms with van der Waals surface area (Å²) >= 11 is 0. The number of carbonyl (C=O) groups excluding carboxylic acids is 4. The first-order valence-electron chi connectivity index (χ1n) is 10.5. The fraction of sp³-hybridized carbons (Fsp3) is 0.200. The van der Waals surface area contributed by atoms with Crippen molar-refractivity contribution in [1.29, 1.82) is 0 Å². The minimum Gasteiger partial charge on any atom is -0.368 e. The van der Waals surface area contributed by atoms with Crippen molar-refractivity contribution in [1.82, 2.24) is 15.5 Å². The molecule has 8 heteroatoms. The summed E-state index contributed by atoms with van der Waals surface area (Å²) in [5, 5.41) is 7.17. The van der Waals surface area contributed by atoms with E-state index in [0.29, 0.717) is 5.56 Å². The van der Waals surface area contributed by atoms with Crippen molar-refractivity contribution in [2.24, 2.45) is 5.73 Å². The topological polar surface area (TPSA) is 122 Å². The molecule has 0 radical (unpaired) electrons. The monoisotopic (exact) mass is 444 g/mol. The lowest BCUT2D eigenvalue weighted by molar-refractivity contribution is -0.135. The Bertz CT molecular complexity index is 1240. The molecule has 4 rings (SSSR count). The SMILES string of the molecule is C[C@]1(c2ccc3ccccc3c2)NC(=O)N(CC(=O)N[C@@H](Cc2ccccc2)C(N)=O)C1=O. The van der Waals surface area contributed by atoms with Crippen LogP contribution < -0.4 is 16.4 Å². The third-order valence-electron chi connectivity index (χ3n) is 5.86. The van der Waals surface area contributed by atoms with Gasteiger partial charge in [-0.1, -0.05) is 66.7 Å². The van der Waals surface area contributed by atoms with Crippen LogP contribution in [-0.4, -0.2) is 41.2 Å². The average Bonchev–Trinajstić information content (AvgIpc) is 3.02. The first-order valence-corrected chi connectivity index (χ1v) is 10.5. The van der Waals surface area contributed by atoms with Crippen LogP contribution in [0, 0.1) is 0 Å². The van der Waals surface area contributed by atoms with Gasteiger partial charge in [-0.3, -0.25) is 19.3 Å². The minimum atomic E-state index is -1.31. The van der Waals surface area contributed by atoms with Crippen molar-refractivity contribution >= 4 is 34.5 Å². The lowest BCUT2D eigenvalue weighted by Crippen LogP contribution is -2.50. The maximum absolute atomic E-state index is 13.2. The molecule has 3 aromatic rings. The van der Waals surface area contributed by atoms with Crippen molar-refractivity contribution in [2.45, 2.75) is 24.9 Å². The average molecular weight is 444 g/mol. The summed E-state index contributed by atoms with van der Waals surface area (Å²) in [6.45, 7) is 1.09. The largest absolute Gasteiger partial charge is 0.368 e. The van der Waals surface area contributed by atoms with Crippen molar-refractivity contribution in [2.75, 3.05) is 6.54 Å². The van der Waals surface area contributed by atoms with E-state index in [-0.39, 0.29) is 6.42 Å². The van der Waals surface area contributed by atoms with Gasteiger partial charge in [-0.2, -0.15) is 0 Å². The molecular formula is C25H24N4O4. The fourth-order valence-corrected chi connectivity index (χ4v) is 3.99. The third kappa shape index (κ3) is 4.41. The van der Waals surface area contributed by atoms with Crippen molar-refractivity contribution < 1.29 is 19.2 Å². The summed E-state index contributed by atoms with van der Waals surface area (Å²) in [5.41, 5.74) is 5.57. The smallest absolute Gasteiger partial charge is 0.325 e. The van der Waals surface area contributed by atoms with Gasteiger partial charge >= 0.3 is 6.03 Å². The Balaban J connectivity index is 1.48. The number of carbonyl (C=O) groups is 4. The molecule has 1 saturated heterocycles. The fourth-order valence-electron chi connectivity index (χ4n) is 3.99. The molecule has 8 nitrogen and oxygen atoms in total. The quantitative estimate of drug-likeness (QED) is 0.481. The molecule has 2 atom stereocenters. The molecule has 33 heavy (non-hydrogen) atoms. The van der Waals surface area contributed by atoms with Gasteiger partial charge in [0.05, 0.1) is 0 Å². The highest BCUT2D eigenvalue weighted by Gasteiger charge is 2.49. The van der Waals surface area contributed by atoms with Crippen LogP contribution in [-0.2, 0) is 26.3 Å². The van der Waals surface area contributed by atoms with E-state index in [0.717, 1.165) is 21.2 Å². The molecule has 1 aliphatic rings. The first-order chi connectivity index (χ1) is 15.8. The summed E-state index contributed by atoms with van der Waals surface area (Å²) in [5.74, 6) is -1.90. The molecule has 0 spiro atoms. The molecule has 1 aliphatic heterocycles. The lowest BCUT2D eigenvalue weighted by Gasteiger charge is -2.23. The number of fused-ring (bicyclic) bond motifs is 1. The van der Waals surface area contributed by atoms with E-state index in [1.165, 1.54) is 0 Å². The van der Waals surface area contributed by atoms with E-state index in [9.17, 15) is 19.2 Å². The number of hydrogen-bond donors (Lipinski definition) is 3. The van der Waals surface area contributed by atoms with Crippen LogP contribution in [0.5, 0.6) is 0 Å². The number of nitrogens with one attached hydrogen (secondary N) is 2. The number of benzene rings is 3. The van der Waals surface area contributed by atoms with Crippen molar-refractivity contribution in [3.05, 3.63) is 83.9 Å². The number of hydrogen-bond acceptors (Lipinski definition) is 4. The van der Waals surface area contributed by atoms with E-state index in [2.05, 4.69) is 10.6 Å². The second-order valence-corrected chi connectivity index (χ2v) is 8.22. The second kappa shape index (κ2) is 8.74. The van der Waals surface area contributed by atoms with Crippen LogP contribution in [0.3, 0.4) is 0 Å². The molecule has 0 saturated carbocycles. The molecule has 0 aliphatic carbocycles. The highest BCUT2D eigenvalue weighted by Crippen LogP contribution is 2.30. The number of amides is 5. The number of nitrogens with two attached hydrogens (primary N) is 1. The molecule has 1 fully saturated rings. The van der Waals surface area contributed by atoms with Gasteiger partial charge < -0.3 is 16.4 Å². The summed E-state index contributed by atoms with van der Waals surface area (Å²) < 4.78 is 0. The van der Waals surface area contributed by atoms with Gasteiger partial charge in [-0.05, 0) is 34.9 Å². The predicted molar refractivity (Wildman–Crippen MR) is 123 cm³/mol. The van der Waals surface area contributed by atoms with Gasteiger partial charge in [0.25, 0.3) is 5.91 Å². The number of primary amides is 1. The van der Waals surface area contributed by atoms with Gasteiger partial charge in [0.1, 0.15) is 18.1 Å². The van der Waals surface area contributed by atoms with Crippen molar-refractivity contribution in [3.63, 3.8) is 0 Å². The van der Waals surface area contributed by atoms with E-state index in [1.54, 1.807) is 13.0 Å². The van der Waals surface area contributed by atoms with Gasteiger partial charge in [-0.15, -0.1) is 0 Å². The first kappa shape index (κ1) is 22.0. The van der Waals surface area contributed by atoms with Crippen LogP contribution in [0.1, 0.15) is 18.1 Å². The normalized spacial score (nSPS) is 18.8. The number of urea groups is 1. The Kier molecular flexibility index (Phi) is 5.83. The number of nitrogens with zero attached hydrogens (tertiary/aromatic N) is 1. The molecule has 3 aromatic carbocycles. The predicted octanol–water partition coefficient (Wildman–Crippen LogP) is 1.82. The molecular weight excluding hydrogens is 420 g/mol. The van der Waals surface area contributed by atoms with Crippen molar-refractivity contribution in [3.8, 4) is 0 Å². The highest BCUT2D eigenvalue weighted by atomic mass is 16.2. The van der Waals surface area contributed by atoms with E-state index < -0.39 is 41.9 Å². The summed E-state index contributed by atoms with van der Waals surface area (Å²) in [6, 6.07) is 20.7. The maximum Gasteiger partial charge on any atom is 0.325 e. The molecule has 4 N–H and O–H groups in total. The van der Waals surface area contributed by atoms with Gasteiger partial charge in [-0.25, -0.2) is 4.79 Å². The summed E-state index contributed by atoms with van der Waals surface area (Å²) in [4.78, 5) is 51.1. The van der Waals surface area contributed by atoms with Gasteiger partial charge in [0, 0.05) is 6.42 Å². The molecule has 0 bridgehead atoms. The number of rotatable bonds is 7. The highest BCUT2D eigenvalue weighted by molar-refractivity contribution is 6.09. The minimum absolute atomic E-state index is 0.205. The van der Waals surface area contributed by atoms with Gasteiger partial charge in [0.2, 0.25) is 11.8 Å². The third-order valence-corrected chi connectivity index (χ3v) is 5.86. The zero-order chi connectivity index (χ0) is 23.6.